The van der Waals surface area contributed by atoms with E-state index in [9.17, 15) is 5.11 Å². The molecule has 96 valence electrons. The molecule has 3 nitrogen and oxygen atoms in total. The molecule has 0 amide bonds. The molecule has 0 aliphatic heterocycles. The van der Waals surface area contributed by atoms with Crippen molar-refractivity contribution in [3.63, 3.8) is 0 Å². The van der Waals surface area contributed by atoms with Crippen LogP contribution in [0.5, 0.6) is 5.75 Å². The normalized spacial score (nSPS) is 12.9. The van der Waals surface area contributed by atoms with E-state index in [0.29, 0.717) is 13.2 Å². The molecule has 18 heavy (non-hydrogen) atoms. The van der Waals surface area contributed by atoms with Crippen LogP contribution in [0.1, 0.15) is 0 Å². The molecule has 3 heteroatoms. The Morgan fingerprint density at radius 1 is 1.11 bits per heavy atom. The molecule has 2 aromatic rings. The third kappa shape index (κ3) is 3.45. The third-order valence-corrected chi connectivity index (χ3v) is 2.74. The summed E-state index contributed by atoms with van der Waals surface area (Å²) < 4.78 is 5.60. The van der Waals surface area contributed by atoms with Gasteiger partial charge in [0, 0.05) is 6.54 Å². The van der Waals surface area contributed by atoms with Crippen LogP contribution in [-0.4, -0.2) is 43.4 Å². The number of rotatable bonds is 5. The maximum Gasteiger partial charge on any atom is 0.120 e. The van der Waals surface area contributed by atoms with Gasteiger partial charge in [0.05, 0.1) is 0 Å². The number of aliphatic hydroxyl groups excluding tert-OH is 1. The smallest absolute Gasteiger partial charge is 0.120 e. The Morgan fingerprint density at radius 2 is 1.83 bits per heavy atom. The minimum Gasteiger partial charge on any atom is -0.491 e. The van der Waals surface area contributed by atoms with Crippen LogP contribution in [0.4, 0.5) is 0 Å². The molecule has 0 saturated carbocycles. The number of hydrogen-bond donors (Lipinski definition) is 1. The van der Waals surface area contributed by atoms with Gasteiger partial charge in [-0.15, -0.1) is 0 Å². The Bertz CT molecular complexity index is 511. The number of benzene rings is 2. The van der Waals surface area contributed by atoms with Gasteiger partial charge in [0.25, 0.3) is 0 Å². The number of ether oxygens (including phenoxy) is 1. The molecular formula is C15H19NO2. The topological polar surface area (TPSA) is 32.7 Å². The standard InChI is InChI=1S/C15H19NO2/c1-16(2)10-14(17)11-18-15-8-7-12-5-3-4-6-13(12)9-15/h3-9,14,17H,10-11H2,1-2H3/t14-/m0/s1. The maximum atomic E-state index is 9.73. The van der Waals surface area contributed by atoms with Gasteiger partial charge in [-0.25, -0.2) is 0 Å². The Labute approximate surface area is 108 Å². The fraction of sp³-hybridized carbons (Fsp3) is 0.333. The summed E-state index contributed by atoms with van der Waals surface area (Å²) in [5, 5.41) is 12.1. The van der Waals surface area contributed by atoms with E-state index in [-0.39, 0.29) is 0 Å². The van der Waals surface area contributed by atoms with E-state index in [0.717, 1.165) is 11.1 Å². The highest BCUT2D eigenvalue weighted by molar-refractivity contribution is 5.83. The maximum absolute atomic E-state index is 9.73. The summed E-state index contributed by atoms with van der Waals surface area (Å²) in [6, 6.07) is 14.1. The average Bonchev–Trinajstić information content (AvgIpc) is 2.35. The molecule has 0 aromatic heterocycles. The number of hydrogen-bond acceptors (Lipinski definition) is 3. The van der Waals surface area contributed by atoms with Crippen molar-refractivity contribution < 1.29 is 9.84 Å². The summed E-state index contributed by atoms with van der Waals surface area (Å²) in [4.78, 5) is 1.94. The van der Waals surface area contributed by atoms with Crippen molar-refractivity contribution in [2.45, 2.75) is 6.10 Å². The fourth-order valence-corrected chi connectivity index (χ4v) is 1.92. The first-order valence-corrected chi connectivity index (χ1v) is 6.09. The number of nitrogens with zero attached hydrogens (tertiary/aromatic N) is 1. The van der Waals surface area contributed by atoms with Crippen LogP contribution in [0.3, 0.4) is 0 Å². The van der Waals surface area contributed by atoms with Crippen LogP contribution in [0, 0.1) is 0 Å². The van der Waals surface area contributed by atoms with Gasteiger partial charge in [0.15, 0.2) is 0 Å². The second-order valence-electron chi connectivity index (χ2n) is 4.74. The first-order chi connectivity index (χ1) is 8.65. The van der Waals surface area contributed by atoms with Crippen LogP contribution in [0.2, 0.25) is 0 Å². The second kappa shape index (κ2) is 5.85. The monoisotopic (exact) mass is 245 g/mol. The van der Waals surface area contributed by atoms with Gasteiger partial charge in [-0.05, 0) is 37.0 Å². The van der Waals surface area contributed by atoms with Gasteiger partial charge < -0.3 is 14.7 Å². The highest BCUT2D eigenvalue weighted by atomic mass is 16.5. The predicted octanol–water partition coefficient (Wildman–Crippen LogP) is 2.14. The summed E-state index contributed by atoms with van der Waals surface area (Å²) >= 11 is 0. The molecule has 0 fully saturated rings. The number of aliphatic hydroxyl groups is 1. The summed E-state index contributed by atoms with van der Waals surface area (Å²) in [6.07, 6.45) is -0.466. The van der Waals surface area contributed by atoms with Gasteiger partial charge >= 0.3 is 0 Å². The molecule has 0 heterocycles. The van der Waals surface area contributed by atoms with Crippen LogP contribution in [0.25, 0.3) is 10.8 Å². The van der Waals surface area contributed by atoms with Crippen molar-refractivity contribution in [1.29, 1.82) is 0 Å². The van der Waals surface area contributed by atoms with E-state index in [1.54, 1.807) is 0 Å². The van der Waals surface area contributed by atoms with E-state index in [4.69, 9.17) is 4.74 Å². The zero-order valence-corrected chi connectivity index (χ0v) is 10.8. The lowest BCUT2D eigenvalue weighted by molar-refractivity contribution is 0.0832. The van der Waals surface area contributed by atoms with Crippen molar-refractivity contribution in [3.05, 3.63) is 42.5 Å². The lowest BCUT2D eigenvalue weighted by Crippen LogP contribution is -2.30. The van der Waals surface area contributed by atoms with E-state index in [1.165, 1.54) is 5.39 Å². The van der Waals surface area contributed by atoms with E-state index >= 15 is 0 Å². The molecule has 0 saturated heterocycles. The molecule has 0 unspecified atom stereocenters. The average molecular weight is 245 g/mol. The fourth-order valence-electron chi connectivity index (χ4n) is 1.92. The molecule has 0 radical (unpaired) electrons. The lowest BCUT2D eigenvalue weighted by atomic mass is 10.1. The first kappa shape index (κ1) is 12.9. The summed E-state index contributed by atoms with van der Waals surface area (Å²) in [5.41, 5.74) is 0. The summed E-state index contributed by atoms with van der Waals surface area (Å²) in [5.74, 6) is 0.798. The minimum atomic E-state index is -0.466. The van der Waals surface area contributed by atoms with Crippen LogP contribution in [0.15, 0.2) is 42.5 Å². The Balaban J connectivity index is 1.99. The Morgan fingerprint density at radius 3 is 2.56 bits per heavy atom. The van der Waals surface area contributed by atoms with Crippen molar-refractivity contribution in [2.75, 3.05) is 27.2 Å². The summed E-state index contributed by atoms with van der Waals surface area (Å²) in [6.45, 7) is 0.921. The van der Waals surface area contributed by atoms with Gasteiger partial charge in [0.2, 0.25) is 0 Å². The lowest BCUT2D eigenvalue weighted by Gasteiger charge is -2.16. The molecule has 0 spiro atoms. The van der Waals surface area contributed by atoms with Gasteiger partial charge in [-0.2, -0.15) is 0 Å². The summed E-state index contributed by atoms with van der Waals surface area (Å²) in [7, 11) is 3.86. The predicted molar refractivity (Wildman–Crippen MR) is 74.0 cm³/mol. The van der Waals surface area contributed by atoms with E-state index < -0.39 is 6.10 Å². The highest BCUT2D eigenvalue weighted by Crippen LogP contribution is 2.20. The zero-order valence-electron chi connectivity index (χ0n) is 10.8. The van der Waals surface area contributed by atoms with Crippen molar-refractivity contribution >= 4 is 10.8 Å². The SMILES string of the molecule is CN(C)C[C@H](O)COc1ccc2ccccc2c1. The number of likely N-dealkylation sites (N-methyl/N-ethyl adjacent to an activating group) is 1. The van der Waals surface area contributed by atoms with Crippen molar-refractivity contribution in [2.24, 2.45) is 0 Å². The highest BCUT2D eigenvalue weighted by Gasteiger charge is 2.06. The van der Waals surface area contributed by atoms with Gasteiger partial charge in [-0.1, -0.05) is 30.3 Å². The van der Waals surface area contributed by atoms with E-state index in [1.807, 2.05) is 49.3 Å². The van der Waals surface area contributed by atoms with Gasteiger partial charge in [0.1, 0.15) is 18.5 Å². The molecule has 1 atom stereocenters. The molecular weight excluding hydrogens is 226 g/mol. The van der Waals surface area contributed by atoms with Crippen LogP contribution in [-0.2, 0) is 0 Å². The first-order valence-electron chi connectivity index (χ1n) is 6.09. The molecule has 1 N–H and O–H groups in total. The largest absolute Gasteiger partial charge is 0.491 e. The quantitative estimate of drug-likeness (QED) is 0.876. The molecule has 2 aromatic carbocycles. The zero-order chi connectivity index (χ0) is 13.0. The number of fused-ring (bicyclic) bond motifs is 1. The van der Waals surface area contributed by atoms with Crippen molar-refractivity contribution in [3.8, 4) is 5.75 Å². The van der Waals surface area contributed by atoms with E-state index in [2.05, 4.69) is 12.1 Å². The molecule has 0 aliphatic rings. The van der Waals surface area contributed by atoms with Gasteiger partial charge in [-0.3, -0.25) is 0 Å². The van der Waals surface area contributed by atoms with Crippen LogP contribution >= 0.6 is 0 Å². The van der Waals surface area contributed by atoms with Crippen LogP contribution < -0.4 is 4.74 Å². The molecule has 0 aliphatic carbocycles. The Kier molecular flexibility index (Phi) is 4.18. The van der Waals surface area contributed by atoms with Crippen molar-refractivity contribution in [1.82, 2.24) is 4.90 Å². The second-order valence-corrected chi connectivity index (χ2v) is 4.74. The Hall–Kier alpha value is -1.58. The minimum absolute atomic E-state index is 0.316. The third-order valence-electron chi connectivity index (χ3n) is 2.74. The molecule has 0 bridgehead atoms. The molecule has 2 rings (SSSR count).